The molecule has 0 bridgehead atoms. The first-order chi connectivity index (χ1) is 7.66. The fourth-order valence-corrected chi connectivity index (χ4v) is 2.65. The van der Waals surface area contributed by atoms with Crippen LogP contribution in [-0.4, -0.2) is 74.0 Å². The average molecular weight is 225 g/mol. The van der Waals surface area contributed by atoms with E-state index in [1.807, 2.05) is 0 Å². The first-order valence-corrected chi connectivity index (χ1v) is 6.32. The summed E-state index contributed by atoms with van der Waals surface area (Å²) in [5.41, 5.74) is 0. The number of carbonyl (C=O) groups excluding carboxylic acids is 1. The van der Waals surface area contributed by atoms with Gasteiger partial charge in [0.25, 0.3) is 0 Å². The number of hydrogen-bond acceptors (Lipinski definition) is 3. The van der Waals surface area contributed by atoms with Crippen LogP contribution in [0.1, 0.15) is 12.8 Å². The lowest BCUT2D eigenvalue weighted by atomic mass is 9.96. The van der Waals surface area contributed by atoms with Crippen LogP contribution in [-0.2, 0) is 4.79 Å². The molecule has 16 heavy (non-hydrogen) atoms. The number of nitrogens with zero attached hydrogens (tertiary/aromatic N) is 3. The van der Waals surface area contributed by atoms with E-state index >= 15 is 0 Å². The van der Waals surface area contributed by atoms with Crippen molar-refractivity contribution < 1.29 is 4.79 Å². The molecule has 0 N–H and O–H groups in total. The maximum Gasteiger partial charge on any atom is 0.227 e. The molecule has 0 aromatic carbocycles. The zero-order chi connectivity index (χ0) is 11.5. The van der Waals surface area contributed by atoms with Gasteiger partial charge in [-0.2, -0.15) is 0 Å². The molecule has 92 valence electrons. The molecular formula is C12H23N3O. The predicted octanol–water partition coefficient (Wildman–Crippen LogP) is 0.102. The third kappa shape index (κ3) is 2.74. The lowest BCUT2D eigenvalue weighted by Gasteiger charge is -2.37. The normalized spacial score (nSPS) is 29.4. The second kappa shape index (κ2) is 5.15. The van der Waals surface area contributed by atoms with Crippen LogP contribution >= 0.6 is 0 Å². The van der Waals surface area contributed by atoms with Gasteiger partial charge in [0.1, 0.15) is 0 Å². The largest absolute Gasteiger partial charge is 0.340 e. The molecule has 0 unspecified atom stereocenters. The fourth-order valence-electron chi connectivity index (χ4n) is 2.65. The highest BCUT2D eigenvalue weighted by Gasteiger charge is 2.29. The summed E-state index contributed by atoms with van der Waals surface area (Å²) >= 11 is 0. The van der Waals surface area contributed by atoms with E-state index in [1.54, 1.807) is 0 Å². The second-order valence-corrected chi connectivity index (χ2v) is 5.23. The van der Waals surface area contributed by atoms with Gasteiger partial charge in [-0.05, 0) is 33.5 Å². The molecular weight excluding hydrogens is 202 g/mol. The molecule has 0 spiro atoms. The Labute approximate surface area is 98.2 Å². The Morgan fingerprint density at radius 1 is 1.00 bits per heavy atom. The summed E-state index contributed by atoms with van der Waals surface area (Å²) in [5, 5.41) is 0. The molecule has 2 rings (SSSR count). The number of rotatable bonds is 1. The molecule has 1 amide bonds. The number of likely N-dealkylation sites (N-methyl/N-ethyl adjacent to an activating group) is 1. The van der Waals surface area contributed by atoms with Gasteiger partial charge in [0, 0.05) is 32.7 Å². The highest BCUT2D eigenvalue weighted by Crippen LogP contribution is 2.18. The van der Waals surface area contributed by atoms with Crippen LogP contribution in [0.25, 0.3) is 0 Å². The minimum atomic E-state index is 0.252. The third-order valence-corrected chi connectivity index (χ3v) is 3.79. The van der Waals surface area contributed by atoms with Gasteiger partial charge < -0.3 is 14.7 Å². The first kappa shape index (κ1) is 11.9. The molecule has 2 saturated heterocycles. The van der Waals surface area contributed by atoms with Gasteiger partial charge >= 0.3 is 0 Å². The van der Waals surface area contributed by atoms with Crippen molar-refractivity contribution in [2.75, 3.05) is 53.4 Å². The van der Waals surface area contributed by atoms with E-state index in [0.29, 0.717) is 5.91 Å². The number of hydrogen-bond donors (Lipinski definition) is 0. The van der Waals surface area contributed by atoms with E-state index in [2.05, 4.69) is 28.8 Å². The van der Waals surface area contributed by atoms with E-state index in [0.717, 1.165) is 45.7 Å². The van der Waals surface area contributed by atoms with Crippen LogP contribution in [0.4, 0.5) is 0 Å². The number of amides is 1. The maximum atomic E-state index is 12.3. The van der Waals surface area contributed by atoms with Crippen molar-refractivity contribution in [1.29, 1.82) is 0 Å². The summed E-state index contributed by atoms with van der Waals surface area (Å²) in [6, 6.07) is 0. The van der Waals surface area contributed by atoms with E-state index < -0.39 is 0 Å². The molecule has 1 atom stereocenters. The van der Waals surface area contributed by atoms with Crippen LogP contribution < -0.4 is 0 Å². The van der Waals surface area contributed by atoms with Gasteiger partial charge in [-0.3, -0.25) is 4.79 Å². The zero-order valence-electron chi connectivity index (χ0n) is 10.5. The first-order valence-electron chi connectivity index (χ1n) is 6.32. The summed E-state index contributed by atoms with van der Waals surface area (Å²) in [6.45, 7) is 5.96. The monoisotopic (exact) mass is 225 g/mol. The summed E-state index contributed by atoms with van der Waals surface area (Å²) < 4.78 is 0. The minimum Gasteiger partial charge on any atom is -0.340 e. The van der Waals surface area contributed by atoms with Crippen molar-refractivity contribution in [3.63, 3.8) is 0 Å². The standard InChI is InChI=1S/C12H23N3O/c1-13-6-8-15(9-7-13)12(16)11-4-3-5-14(2)10-11/h11H,3-10H2,1-2H3/t11-/m0/s1. The van der Waals surface area contributed by atoms with Crippen LogP contribution in [0.3, 0.4) is 0 Å². The van der Waals surface area contributed by atoms with Gasteiger partial charge in [0.2, 0.25) is 5.91 Å². The second-order valence-electron chi connectivity index (χ2n) is 5.23. The fraction of sp³-hybridized carbons (Fsp3) is 0.917. The number of likely N-dealkylation sites (tertiary alicyclic amines) is 1. The summed E-state index contributed by atoms with van der Waals surface area (Å²) in [4.78, 5) is 18.9. The molecule has 0 aliphatic carbocycles. The third-order valence-electron chi connectivity index (χ3n) is 3.79. The van der Waals surface area contributed by atoms with Crippen molar-refractivity contribution in [2.24, 2.45) is 5.92 Å². The van der Waals surface area contributed by atoms with Gasteiger partial charge in [0.05, 0.1) is 5.92 Å². The molecule has 0 saturated carbocycles. The molecule has 4 heteroatoms. The Bertz CT molecular complexity index is 249. The SMILES string of the molecule is CN1CCN(C(=O)[C@H]2CCCN(C)C2)CC1. The van der Waals surface area contributed by atoms with Crippen molar-refractivity contribution in [2.45, 2.75) is 12.8 Å². The van der Waals surface area contributed by atoms with E-state index in [-0.39, 0.29) is 5.92 Å². The summed E-state index contributed by atoms with van der Waals surface area (Å²) in [7, 11) is 4.24. The lowest BCUT2D eigenvalue weighted by molar-refractivity contribution is -0.138. The minimum absolute atomic E-state index is 0.252. The van der Waals surface area contributed by atoms with Gasteiger partial charge in [0.15, 0.2) is 0 Å². The molecule has 2 aliphatic rings. The topological polar surface area (TPSA) is 26.8 Å². The quantitative estimate of drug-likeness (QED) is 0.633. The van der Waals surface area contributed by atoms with Crippen LogP contribution in [0.2, 0.25) is 0 Å². The van der Waals surface area contributed by atoms with Crippen molar-refractivity contribution in [1.82, 2.24) is 14.7 Å². The highest BCUT2D eigenvalue weighted by atomic mass is 16.2. The van der Waals surface area contributed by atoms with E-state index in [4.69, 9.17) is 0 Å². The Hall–Kier alpha value is -0.610. The molecule has 0 aromatic rings. The highest BCUT2D eigenvalue weighted by molar-refractivity contribution is 5.79. The van der Waals surface area contributed by atoms with Crippen LogP contribution in [0, 0.1) is 5.92 Å². The average Bonchev–Trinajstić information content (AvgIpc) is 2.29. The number of piperazine rings is 1. The van der Waals surface area contributed by atoms with Crippen LogP contribution in [0.15, 0.2) is 0 Å². The number of piperidine rings is 1. The lowest BCUT2D eigenvalue weighted by Crippen LogP contribution is -2.51. The zero-order valence-corrected chi connectivity index (χ0v) is 10.5. The number of carbonyl (C=O) groups is 1. The van der Waals surface area contributed by atoms with Crippen molar-refractivity contribution >= 4 is 5.91 Å². The Morgan fingerprint density at radius 2 is 1.69 bits per heavy atom. The molecule has 2 fully saturated rings. The molecule has 2 aliphatic heterocycles. The van der Waals surface area contributed by atoms with Gasteiger partial charge in [-0.1, -0.05) is 0 Å². The van der Waals surface area contributed by atoms with E-state index in [9.17, 15) is 4.79 Å². The van der Waals surface area contributed by atoms with Crippen molar-refractivity contribution in [3.05, 3.63) is 0 Å². The smallest absolute Gasteiger partial charge is 0.227 e. The van der Waals surface area contributed by atoms with Crippen LogP contribution in [0.5, 0.6) is 0 Å². The molecule has 0 radical (unpaired) electrons. The van der Waals surface area contributed by atoms with Crippen molar-refractivity contribution in [3.8, 4) is 0 Å². The maximum absolute atomic E-state index is 12.3. The Balaban J connectivity index is 1.86. The Kier molecular flexibility index (Phi) is 3.82. The van der Waals surface area contributed by atoms with Gasteiger partial charge in [-0.15, -0.1) is 0 Å². The molecule has 2 heterocycles. The van der Waals surface area contributed by atoms with E-state index in [1.165, 1.54) is 6.42 Å². The molecule has 4 nitrogen and oxygen atoms in total. The Morgan fingerprint density at radius 3 is 2.31 bits per heavy atom. The summed E-state index contributed by atoms with van der Waals surface area (Å²) in [5.74, 6) is 0.641. The molecule has 0 aromatic heterocycles. The predicted molar refractivity (Wildman–Crippen MR) is 64.3 cm³/mol. The van der Waals surface area contributed by atoms with Gasteiger partial charge in [-0.25, -0.2) is 0 Å². The summed E-state index contributed by atoms with van der Waals surface area (Å²) in [6.07, 6.45) is 2.25.